The van der Waals surface area contributed by atoms with Gasteiger partial charge in [0.1, 0.15) is 6.04 Å². The Bertz CT molecular complexity index is 567. The Morgan fingerprint density at radius 2 is 2.14 bits per heavy atom. The Morgan fingerprint density at radius 1 is 1.29 bits per heavy atom. The van der Waals surface area contributed by atoms with Gasteiger partial charge in [-0.15, -0.1) is 0 Å². The van der Waals surface area contributed by atoms with E-state index in [4.69, 9.17) is 4.74 Å². The van der Waals surface area contributed by atoms with Crippen LogP contribution in [0.15, 0.2) is 22.7 Å². The summed E-state index contributed by atoms with van der Waals surface area (Å²) in [5.74, 6) is -0.354. The van der Waals surface area contributed by atoms with Crippen molar-refractivity contribution in [1.82, 2.24) is 5.32 Å². The van der Waals surface area contributed by atoms with Crippen LogP contribution < -0.4 is 5.32 Å². The van der Waals surface area contributed by atoms with Gasteiger partial charge in [-0.25, -0.2) is 0 Å². The molecule has 1 fully saturated rings. The van der Waals surface area contributed by atoms with Crippen molar-refractivity contribution in [1.29, 1.82) is 0 Å². The molecule has 5 heteroatoms. The molecule has 0 amide bonds. The van der Waals surface area contributed by atoms with Crippen LogP contribution in [-0.4, -0.2) is 30.4 Å². The highest BCUT2D eigenvalue weighted by atomic mass is 79.9. The first kappa shape index (κ1) is 14.7. The Hall–Kier alpha value is -1.20. The number of ether oxygens (including phenoxy) is 1. The summed E-state index contributed by atoms with van der Waals surface area (Å²) < 4.78 is 6.46. The van der Waals surface area contributed by atoms with Crippen LogP contribution >= 0.6 is 15.9 Å². The van der Waals surface area contributed by atoms with Crippen molar-refractivity contribution in [3.05, 3.63) is 33.8 Å². The van der Waals surface area contributed by atoms with E-state index in [1.54, 1.807) is 0 Å². The minimum absolute atomic E-state index is 0.0682. The molecule has 0 bridgehead atoms. The second-order valence-electron chi connectivity index (χ2n) is 5.63. The van der Waals surface area contributed by atoms with Crippen molar-refractivity contribution >= 4 is 27.7 Å². The van der Waals surface area contributed by atoms with Crippen LogP contribution in [0.3, 0.4) is 0 Å². The number of carbonyl (C=O) groups is 2. The zero-order valence-corrected chi connectivity index (χ0v) is 13.3. The second kappa shape index (κ2) is 6.28. The van der Waals surface area contributed by atoms with E-state index in [9.17, 15) is 9.59 Å². The van der Waals surface area contributed by atoms with Crippen LogP contribution in [0, 0.1) is 0 Å². The highest BCUT2D eigenvalue weighted by Gasteiger charge is 2.32. The highest BCUT2D eigenvalue weighted by molar-refractivity contribution is 9.10. The van der Waals surface area contributed by atoms with Crippen molar-refractivity contribution in [3.8, 4) is 0 Å². The molecule has 4 nitrogen and oxygen atoms in total. The standard InChI is InChI=1S/C16H18BrNO3/c17-11-6-7-12-10(9-11)3-1-5-14(15(12)19)21-16(20)13-4-2-8-18-13/h6-7,9,13-14,18H,1-5,8H2. The fraction of sp³-hybridized carbons (Fsp3) is 0.500. The number of rotatable bonds is 2. The summed E-state index contributed by atoms with van der Waals surface area (Å²) >= 11 is 3.43. The van der Waals surface area contributed by atoms with Crippen LogP contribution in [-0.2, 0) is 16.0 Å². The molecule has 21 heavy (non-hydrogen) atoms. The molecule has 0 radical (unpaired) electrons. The number of carbonyl (C=O) groups excluding carboxylic acids is 2. The van der Waals surface area contributed by atoms with Crippen LogP contribution in [0.25, 0.3) is 0 Å². The average molecular weight is 352 g/mol. The molecule has 112 valence electrons. The number of esters is 1. The van der Waals surface area contributed by atoms with Gasteiger partial charge in [0.15, 0.2) is 6.10 Å². The molecule has 3 rings (SSSR count). The fourth-order valence-corrected chi connectivity index (χ4v) is 3.42. The number of ketones is 1. The minimum atomic E-state index is -0.637. The lowest BCUT2D eigenvalue weighted by molar-refractivity contribution is -0.149. The maximum atomic E-state index is 12.6. The molecule has 1 aliphatic carbocycles. The molecule has 1 aromatic rings. The molecule has 1 aromatic carbocycles. The first-order valence-electron chi connectivity index (χ1n) is 7.41. The third kappa shape index (κ3) is 3.19. The maximum absolute atomic E-state index is 12.6. The third-order valence-corrected chi connectivity index (χ3v) is 4.63. The summed E-state index contributed by atoms with van der Waals surface area (Å²) in [4.78, 5) is 24.7. The number of benzene rings is 1. The van der Waals surface area contributed by atoms with Crippen molar-refractivity contribution in [3.63, 3.8) is 0 Å². The first-order chi connectivity index (χ1) is 10.1. The zero-order valence-electron chi connectivity index (χ0n) is 11.7. The van der Waals surface area contributed by atoms with Gasteiger partial charge in [0, 0.05) is 10.0 Å². The number of Topliss-reactive ketones (excluding diaryl/α,β-unsaturated/α-hetero) is 1. The van der Waals surface area contributed by atoms with E-state index in [1.165, 1.54) is 0 Å². The van der Waals surface area contributed by atoms with Gasteiger partial charge >= 0.3 is 5.97 Å². The summed E-state index contributed by atoms with van der Waals surface area (Å²) in [6, 6.07) is 5.42. The fourth-order valence-electron chi connectivity index (χ4n) is 3.01. The molecular weight excluding hydrogens is 334 g/mol. The van der Waals surface area contributed by atoms with Crippen LogP contribution in [0.4, 0.5) is 0 Å². The number of halogens is 1. The van der Waals surface area contributed by atoms with Gasteiger partial charge in [0.2, 0.25) is 5.78 Å². The summed E-state index contributed by atoms with van der Waals surface area (Å²) in [5.41, 5.74) is 1.72. The lowest BCUT2D eigenvalue weighted by atomic mass is 10.0. The highest BCUT2D eigenvalue weighted by Crippen LogP contribution is 2.26. The smallest absolute Gasteiger partial charge is 0.323 e. The van der Waals surface area contributed by atoms with E-state index >= 15 is 0 Å². The van der Waals surface area contributed by atoms with Crippen molar-refractivity contribution in [2.24, 2.45) is 0 Å². The van der Waals surface area contributed by atoms with E-state index in [2.05, 4.69) is 21.2 Å². The zero-order chi connectivity index (χ0) is 14.8. The molecule has 2 unspecified atom stereocenters. The maximum Gasteiger partial charge on any atom is 0.323 e. The quantitative estimate of drug-likeness (QED) is 0.657. The van der Waals surface area contributed by atoms with E-state index in [1.807, 2.05) is 18.2 Å². The summed E-state index contributed by atoms with van der Waals surface area (Å²) in [6.45, 7) is 0.843. The summed E-state index contributed by atoms with van der Waals surface area (Å²) in [6.07, 6.45) is 3.44. The van der Waals surface area contributed by atoms with Crippen molar-refractivity contribution < 1.29 is 14.3 Å². The number of fused-ring (bicyclic) bond motifs is 1. The monoisotopic (exact) mass is 351 g/mol. The van der Waals surface area contributed by atoms with Gasteiger partial charge in [-0.2, -0.15) is 0 Å². The van der Waals surface area contributed by atoms with Crippen molar-refractivity contribution in [2.75, 3.05) is 6.54 Å². The van der Waals surface area contributed by atoms with Gasteiger partial charge in [-0.1, -0.05) is 15.9 Å². The van der Waals surface area contributed by atoms with Gasteiger partial charge in [0.25, 0.3) is 0 Å². The molecular formula is C16H18BrNO3. The van der Waals surface area contributed by atoms with Crippen molar-refractivity contribution in [2.45, 2.75) is 44.2 Å². The predicted molar refractivity (Wildman–Crippen MR) is 82.3 cm³/mol. The van der Waals surface area contributed by atoms with Gasteiger partial charge in [-0.05, 0) is 62.4 Å². The molecule has 0 saturated carbocycles. The third-order valence-electron chi connectivity index (χ3n) is 4.14. The molecule has 2 aliphatic rings. The lowest BCUT2D eigenvalue weighted by Crippen LogP contribution is -2.37. The van der Waals surface area contributed by atoms with Crippen LogP contribution in [0.2, 0.25) is 0 Å². The topological polar surface area (TPSA) is 55.4 Å². The van der Waals surface area contributed by atoms with Gasteiger partial charge in [-0.3, -0.25) is 9.59 Å². The molecule has 0 spiro atoms. The number of hydrogen-bond donors (Lipinski definition) is 1. The van der Waals surface area contributed by atoms with E-state index in [0.29, 0.717) is 12.0 Å². The summed E-state index contributed by atoms with van der Waals surface area (Å²) in [5, 5.41) is 3.11. The Balaban J connectivity index is 1.76. The second-order valence-corrected chi connectivity index (χ2v) is 6.55. The van der Waals surface area contributed by atoms with E-state index in [0.717, 1.165) is 42.3 Å². The van der Waals surface area contributed by atoms with E-state index < -0.39 is 6.10 Å². The van der Waals surface area contributed by atoms with Gasteiger partial charge in [0.05, 0.1) is 0 Å². The van der Waals surface area contributed by atoms with Crippen LogP contribution in [0.1, 0.15) is 41.6 Å². The van der Waals surface area contributed by atoms with E-state index in [-0.39, 0.29) is 17.8 Å². The first-order valence-corrected chi connectivity index (χ1v) is 8.21. The summed E-state index contributed by atoms with van der Waals surface area (Å²) in [7, 11) is 0. The normalized spacial score (nSPS) is 25.3. The lowest BCUT2D eigenvalue weighted by Gasteiger charge is -2.17. The predicted octanol–water partition coefficient (Wildman–Crippen LogP) is 2.63. The largest absolute Gasteiger partial charge is 0.453 e. The number of nitrogens with one attached hydrogen (secondary N) is 1. The average Bonchev–Trinajstić information content (AvgIpc) is 2.95. The minimum Gasteiger partial charge on any atom is -0.453 e. The Labute approximate surface area is 132 Å². The molecule has 0 aromatic heterocycles. The molecule has 1 N–H and O–H groups in total. The Kier molecular flexibility index (Phi) is 4.40. The van der Waals surface area contributed by atoms with Crippen LogP contribution in [0.5, 0.6) is 0 Å². The SMILES string of the molecule is O=C(OC1CCCc2cc(Br)ccc2C1=O)C1CCCN1. The molecule has 1 aliphatic heterocycles. The molecule has 1 saturated heterocycles. The van der Waals surface area contributed by atoms with Gasteiger partial charge < -0.3 is 10.1 Å². The Morgan fingerprint density at radius 3 is 2.90 bits per heavy atom. The number of hydrogen-bond acceptors (Lipinski definition) is 4. The number of aryl methyl sites for hydroxylation is 1. The molecule has 1 heterocycles. The molecule has 2 atom stereocenters.